The molecule has 1 aromatic carbocycles. The summed E-state index contributed by atoms with van der Waals surface area (Å²) in [6.07, 6.45) is 2.17. The fourth-order valence-corrected chi connectivity index (χ4v) is 2.99. The third-order valence-corrected chi connectivity index (χ3v) is 4.16. The van der Waals surface area contributed by atoms with Crippen molar-refractivity contribution in [3.05, 3.63) is 29.6 Å². The van der Waals surface area contributed by atoms with Gasteiger partial charge in [0.2, 0.25) is 0 Å². The summed E-state index contributed by atoms with van der Waals surface area (Å²) >= 11 is 0. The minimum atomic E-state index is -0.185. The maximum absolute atomic E-state index is 13.7. The molecule has 0 spiro atoms. The number of benzene rings is 1. The van der Waals surface area contributed by atoms with Crippen LogP contribution in [0.25, 0.3) is 0 Å². The second kappa shape index (κ2) is 11.1. The van der Waals surface area contributed by atoms with Crippen LogP contribution in [0.2, 0.25) is 0 Å². The van der Waals surface area contributed by atoms with E-state index < -0.39 is 0 Å². The third kappa shape index (κ3) is 6.46. The lowest BCUT2D eigenvalue weighted by Gasteiger charge is -2.36. The van der Waals surface area contributed by atoms with Crippen LogP contribution in [-0.2, 0) is 0 Å². The summed E-state index contributed by atoms with van der Waals surface area (Å²) in [5, 5.41) is 3.38. The van der Waals surface area contributed by atoms with Crippen molar-refractivity contribution in [2.45, 2.75) is 32.7 Å². The van der Waals surface area contributed by atoms with Crippen molar-refractivity contribution in [3.8, 4) is 5.75 Å². The van der Waals surface area contributed by atoms with Crippen molar-refractivity contribution in [2.75, 3.05) is 33.3 Å². The molecule has 134 valence electrons. The molecule has 1 aliphatic rings. The second-order valence-electron chi connectivity index (χ2n) is 6.16. The van der Waals surface area contributed by atoms with E-state index in [1.54, 1.807) is 19.2 Å². The molecule has 1 N–H and O–H groups in total. The zero-order valence-corrected chi connectivity index (χ0v) is 15.8. The molecule has 0 aromatic heterocycles. The van der Waals surface area contributed by atoms with Crippen LogP contribution in [-0.4, -0.2) is 38.2 Å². The van der Waals surface area contributed by atoms with Crippen molar-refractivity contribution in [1.82, 2.24) is 10.2 Å². The second-order valence-corrected chi connectivity index (χ2v) is 6.16. The molecule has 0 radical (unpaired) electrons. The standard InChI is InChI=1S/C17H27FN2O.2ClH/c1-13(2)4-6-16(20-10-8-19-9-11-20)15-12-14(18)5-7-17(15)21-3;;/h5,7,12-13,16,19H,4,6,8-11H2,1-3H3;2*1H/t16-;;/m0../s1. The average molecular weight is 367 g/mol. The third-order valence-electron chi connectivity index (χ3n) is 4.16. The van der Waals surface area contributed by atoms with Crippen LogP contribution < -0.4 is 10.1 Å². The topological polar surface area (TPSA) is 24.5 Å². The predicted molar refractivity (Wildman–Crippen MR) is 98.7 cm³/mol. The normalized spacial score (nSPS) is 16.4. The summed E-state index contributed by atoms with van der Waals surface area (Å²) in [7, 11) is 1.66. The predicted octanol–water partition coefficient (Wildman–Crippen LogP) is 4.06. The zero-order chi connectivity index (χ0) is 15.2. The fraction of sp³-hybridized carbons (Fsp3) is 0.647. The minimum Gasteiger partial charge on any atom is -0.496 e. The van der Waals surface area contributed by atoms with Crippen LogP contribution >= 0.6 is 24.8 Å². The summed E-state index contributed by atoms with van der Waals surface area (Å²) < 4.78 is 19.2. The Hall–Kier alpha value is -0.550. The molecular formula is C17H29Cl2FN2O. The van der Waals surface area contributed by atoms with Gasteiger partial charge in [-0.25, -0.2) is 4.39 Å². The molecule has 1 saturated heterocycles. The van der Waals surface area contributed by atoms with Gasteiger partial charge in [0.15, 0.2) is 0 Å². The van der Waals surface area contributed by atoms with Gasteiger partial charge in [0, 0.05) is 37.8 Å². The van der Waals surface area contributed by atoms with Crippen LogP contribution in [0.1, 0.15) is 38.3 Å². The Bertz CT molecular complexity index is 454. The van der Waals surface area contributed by atoms with Gasteiger partial charge in [0.05, 0.1) is 7.11 Å². The average Bonchev–Trinajstić information content (AvgIpc) is 2.48. The molecule has 1 aliphatic heterocycles. The van der Waals surface area contributed by atoms with Gasteiger partial charge in [-0.2, -0.15) is 0 Å². The molecule has 0 bridgehead atoms. The Kier molecular flexibility index (Phi) is 10.8. The fourth-order valence-electron chi connectivity index (χ4n) is 2.99. The van der Waals surface area contributed by atoms with Crippen molar-refractivity contribution >= 4 is 24.8 Å². The number of ether oxygens (including phenoxy) is 1. The van der Waals surface area contributed by atoms with E-state index in [0.29, 0.717) is 5.92 Å². The number of rotatable bonds is 6. The van der Waals surface area contributed by atoms with E-state index >= 15 is 0 Å². The first-order valence-electron chi connectivity index (χ1n) is 7.90. The molecule has 1 atom stereocenters. The lowest BCUT2D eigenvalue weighted by atomic mass is 9.95. The molecule has 1 fully saturated rings. The smallest absolute Gasteiger partial charge is 0.123 e. The number of methoxy groups -OCH3 is 1. The van der Waals surface area contributed by atoms with E-state index in [1.165, 1.54) is 6.07 Å². The van der Waals surface area contributed by atoms with Gasteiger partial charge in [-0.05, 0) is 37.0 Å². The molecule has 0 aliphatic carbocycles. The van der Waals surface area contributed by atoms with E-state index in [9.17, 15) is 4.39 Å². The van der Waals surface area contributed by atoms with Gasteiger partial charge in [-0.15, -0.1) is 24.8 Å². The molecule has 1 aromatic rings. The molecule has 23 heavy (non-hydrogen) atoms. The van der Waals surface area contributed by atoms with E-state index in [1.807, 2.05) is 0 Å². The largest absolute Gasteiger partial charge is 0.496 e. The molecular weight excluding hydrogens is 338 g/mol. The van der Waals surface area contributed by atoms with E-state index in [2.05, 4.69) is 24.1 Å². The first-order valence-corrected chi connectivity index (χ1v) is 7.90. The highest BCUT2D eigenvalue weighted by Crippen LogP contribution is 2.34. The Morgan fingerprint density at radius 3 is 2.39 bits per heavy atom. The number of nitrogens with one attached hydrogen (secondary N) is 1. The number of halogens is 3. The lowest BCUT2D eigenvalue weighted by Crippen LogP contribution is -2.45. The molecule has 6 heteroatoms. The Labute approximate surface area is 151 Å². The highest BCUT2D eigenvalue weighted by Gasteiger charge is 2.25. The summed E-state index contributed by atoms with van der Waals surface area (Å²) in [4.78, 5) is 2.45. The number of nitrogens with zero attached hydrogens (tertiary/aromatic N) is 1. The summed E-state index contributed by atoms with van der Waals surface area (Å²) in [5.74, 6) is 1.26. The molecule has 0 unspecified atom stereocenters. The number of hydrogen-bond donors (Lipinski definition) is 1. The number of piperazine rings is 1. The first-order chi connectivity index (χ1) is 10.1. The monoisotopic (exact) mass is 366 g/mol. The van der Waals surface area contributed by atoms with E-state index in [-0.39, 0.29) is 36.7 Å². The molecule has 2 rings (SSSR count). The van der Waals surface area contributed by atoms with Gasteiger partial charge in [-0.3, -0.25) is 4.90 Å². The Morgan fingerprint density at radius 2 is 1.83 bits per heavy atom. The lowest BCUT2D eigenvalue weighted by molar-refractivity contribution is 0.157. The minimum absolute atomic E-state index is 0. The summed E-state index contributed by atoms with van der Waals surface area (Å²) in [6.45, 7) is 8.46. The quantitative estimate of drug-likeness (QED) is 0.821. The van der Waals surface area contributed by atoms with E-state index in [4.69, 9.17) is 4.74 Å². The molecule has 1 heterocycles. The van der Waals surface area contributed by atoms with Gasteiger partial charge in [0.1, 0.15) is 11.6 Å². The molecule has 3 nitrogen and oxygen atoms in total. The summed E-state index contributed by atoms with van der Waals surface area (Å²) in [6, 6.07) is 5.10. The highest BCUT2D eigenvalue weighted by molar-refractivity contribution is 5.85. The van der Waals surface area contributed by atoms with Gasteiger partial charge >= 0.3 is 0 Å². The van der Waals surface area contributed by atoms with Crippen LogP contribution in [0.15, 0.2) is 18.2 Å². The maximum atomic E-state index is 13.7. The summed E-state index contributed by atoms with van der Waals surface area (Å²) in [5.41, 5.74) is 0.986. The highest BCUT2D eigenvalue weighted by atomic mass is 35.5. The van der Waals surface area contributed by atoms with Crippen molar-refractivity contribution < 1.29 is 9.13 Å². The maximum Gasteiger partial charge on any atom is 0.123 e. The van der Waals surface area contributed by atoms with Crippen molar-refractivity contribution in [2.24, 2.45) is 5.92 Å². The van der Waals surface area contributed by atoms with Gasteiger partial charge < -0.3 is 10.1 Å². The van der Waals surface area contributed by atoms with Crippen LogP contribution in [0.5, 0.6) is 5.75 Å². The van der Waals surface area contributed by atoms with E-state index in [0.717, 1.165) is 50.3 Å². The van der Waals surface area contributed by atoms with Crippen LogP contribution in [0.3, 0.4) is 0 Å². The van der Waals surface area contributed by atoms with Gasteiger partial charge in [0.25, 0.3) is 0 Å². The Morgan fingerprint density at radius 1 is 1.17 bits per heavy atom. The zero-order valence-electron chi connectivity index (χ0n) is 14.2. The van der Waals surface area contributed by atoms with Gasteiger partial charge in [-0.1, -0.05) is 13.8 Å². The van der Waals surface area contributed by atoms with Crippen molar-refractivity contribution in [1.29, 1.82) is 0 Å². The first kappa shape index (κ1) is 22.4. The number of hydrogen-bond acceptors (Lipinski definition) is 3. The van der Waals surface area contributed by atoms with Crippen molar-refractivity contribution in [3.63, 3.8) is 0 Å². The van der Waals surface area contributed by atoms with Crippen LogP contribution in [0.4, 0.5) is 4.39 Å². The molecule has 0 amide bonds. The van der Waals surface area contributed by atoms with Crippen LogP contribution in [0, 0.1) is 11.7 Å². The SMILES string of the molecule is COc1ccc(F)cc1[C@H](CCC(C)C)N1CCNCC1.Cl.Cl. The Balaban J connectivity index is 0.00000242. The molecule has 0 saturated carbocycles.